The van der Waals surface area contributed by atoms with Gasteiger partial charge in [-0.05, 0) is 18.4 Å². The first-order valence-corrected chi connectivity index (χ1v) is 9.84. The Morgan fingerprint density at radius 2 is 1.62 bits per heavy atom. The van der Waals surface area contributed by atoms with Crippen molar-refractivity contribution in [2.75, 3.05) is 19.6 Å². The third-order valence-electron chi connectivity index (χ3n) is 5.08. The van der Waals surface area contributed by atoms with Crippen LogP contribution in [0.25, 0.3) is 11.3 Å². The molecule has 0 spiro atoms. The Bertz CT molecular complexity index is 963. The molecule has 2 amide bonds. The van der Waals surface area contributed by atoms with Crippen LogP contribution in [0.5, 0.6) is 0 Å². The van der Waals surface area contributed by atoms with Crippen LogP contribution in [-0.4, -0.2) is 46.4 Å². The number of carbonyl (C=O) groups is 2. The molecule has 0 saturated carbocycles. The summed E-state index contributed by atoms with van der Waals surface area (Å²) in [6.45, 7) is 1.89. The molecule has 148 valence electrons. The number of hydrogen-bond donors (Lipinski definition) is 0. The second kappa shape index (κ2) is 8.73. The fraction of sp³-hybridized carbons (Fsp3) is 0.261. The quantitative estimate of drug-likeness (QED) is 0.646. The zero-order chi connectivity index (χ0) is 20.1. The maximum absolute atomic E-state index is 13.2. The van der Waals surface area contributed by atoms with Gasteiger partial charge in [-0.1, -0.05) is 65.8 Å². The van der Waals surface area contributed by atoms with Crippen LogP contribution in [-0.2, 0) is 11.3 Å². The number of likely N-dealkylation sites (tertiary alicyclic amines) is 1. The van der Waals surface area contributed by atoms with E-state index in [1.54, 1.807) is 11.0 Å². The number of hydrogen-bond acceptors (Lipinski definition) is 4. The van der Waals surface area contributed by atoms with Gasteiger partial charge in [-0.15, -0.1) is 0 Å². The second-order valence-electron chi connectivity index (χ2n) is 7.18. The average molecular weight is 389 g/mol. The van der Waals surface area contributed by atoms with Crippen molar-refractivity contribution in [3.8, 4) is 11.3 Å². The van der Waals surface area contributed by atoms with E-state index in [0.29, 0.717) is 12.3 Å². The van der Waals surface area contributed by atoms with E-state index >= 15 is 0 Å². The van der Waals surface area contributed by atoms with E-state index in [4.69, 9.17) is 4.52 Å². The van der Waals surface area contributed by atoms with Crippen LogP contribution in [0.3, 0.4) is 0 Å². The van der Waals surface area contributed by atoms with E-state index in [9.17, 15) is 9.59 Å². The molecule has 29 heavy (non-hydrogen) atoms. The Morgan fingerprint density at radius 3 is 2.31 bits per heavy atom. The van der Waals surface area contributed by atoms with E-state index in [-0.39, 0.29) is 24.1 Å². The molecule has 0 atom stereocenters. The smallest absolute Gasteiger partial charge is 0.276 e. The second-order valence-corrected chi connectivity index (χ2v) is 7.18. The lowest BCUT2D eigenvalue weighted by Gasteiger charge is -2.24. The predicted molar refractivity (Wildman–Crippen MR) is 109 cm³/mol. The molecule has 0 bridgehead atoms. The largest absolute Gasteiger partial charge is 0.355 e. The molecule has 0 N–H and O–H groups in total. The summed E-state index contributed by atoms with van der Waals surface area (Å²) in [5.74, 6) is 0.186. The number of carbonyl (C=O) groups excluding carboxylic acids is 2. The van der Waals surface area contributed by atoms with Gasteiger partial charge in [0.2, 0.25) is 5.91 Å². The zero-order valence-corrected chi connectivity index (χ0v) is 16.2. The summed E-state index contributed by atoms with van der Waals surface area (Å²) < 4.78 is 5.38. The summed E-state index contributed by atoms with van der Waals surface area (Å²) in [6, 6.07) is 20.8. The van der Waals surface area contributed by atoms with Crippen LogP contribution in [0.2, 0.25) is 0 Å². The Balaban J connectivity index is 1.55. The highest BCUT2D eigenvalue weighted by Gasteiger charge is 2.26. The van der Waals surface area contributed by atoms with Crippen molar-refractivity contribution in [3.63, 3.8) is 0 Å². The topological polar surface area (TPSA) is 66.7 Å². The normalized spacial score (nSPS) is 13.4. The van der Waals surface area contributed by atoms with Crippen molar-refractivity contribution in [1.29, 1.82) is 0 Å². The lowest BCUT2D eigenvalue weighted by atomic mass is 10.1. The van der Waals surface area contributed by atoms with Gasteiger partial charge in [0.05, 0.1) is 0 Å². The average Bonchev–Trinajstić information content (AvgIpc) is 3.46. The molecule has 1 fully saturated rings. The molecule has 1 aliphatic heterocycles. The standard InChI is InChI=1S/C23H23N3O3/c27-22(25-13-7-8-14-25)17-26(16-18-9-3-1-4-10-18)23(28)20-15-21(29-24-20)19-11-5-2-6-12-19/h1-6,9-12,15H,7-8,13-14,16-17H2. The Labute approximate surface area is 169 Å². The van der Waals surface area contributed by atoms with E-state index in [2.05, 4.69) is 5.16 Å². The van der Waals surface area contributed by atoms with Gasteiger partial charge in [-0.25, -0.2) is 0 Å². The molecule has 4 rings (SSSR count). The van der Waals surface area contributed by atoms with Gasteiger partial charge >= 0.3 is 0 Å². The number of nitrogens with zero attached hydrogens (tertiary/aromatic N) is 3. The number of aromatic nitrogens is 1. The lowest BCUT2D eigenvalue weighted by molar-refractivity contribution is -0.130. The minimum Gasteiger partial charge on any atom is -0.355 e. The molecule has 0 radical (unpaired) electrons. The Morgan fingerprint density at radius 1 is 0.966 bits per heavy atom. The first kappa shape index (κ1) is 18.9. The van der Waals surface area contributed by atoms with E-state index in [0.717, 1.165) is 37.1 Å². The monoisotopic (exact) mass is 389 g/mol. The molecule has 3 aromatic rings. The van der Waals surface area contributed by atoms with Crippen molar-refractivity contribution in [2.45, 2.75) is 19.4 Å². The van der Waals surface area contributed by atoms with Gasteiger partial charge in [-0.2, -0.15) is 0 Å². The molecule has 6 heteroatoms. The number of rotatable bonds is 6. The number of amides is 2. The Hall–Kier alpha value is -3.41. The SMILES string of the molecule is O=C(CN(Cc1ccccc1)C(=O)c1cc(-c2ccccc2)on1)N1CCCC1. The van der Waals surface area contributed by atoms with E-state index < -0.39 is 0 Å². The maximum Gasteiger partial charge on any atom is 0.276 e. The zero-order valence-electron chi connectivity index (χ0n) is 16.2. The van der Waals surface area contributed by atoms with Gasteiger partial charge in [0.25, 0.3) is 5.91 Å². The third-order valence-corrected chi connectivity index (χ3v) is 5.08. The van der Waals surface area contributed by atoms with Crippen molar-refractivity contribution in [2.24, 2.45) is 0 Å². The summed E-state index contributed by atoms with van der Waals surface area (Å²) in [7, 11) is 0. The van der Waals surface area contributed by atoms with Crippen LogP contribution >= 0.6 is 0 Å². The molecule has 2 aromatic carbocycles. The molecule has 6 nitrogen and oxygen atoms in total. The molecule has 0 unspecified atom stereocenters. The highest BCUT2D eigenvalue weighted by molar-refractivity contribution is 5.95. The van der Waals surface area contributed by atoms with Gasteiger partial charge < -0.3 is 14.3 Å². The van der Waals surface area contributed by atoms with Crippen molar-refractivity contribution < 1.29 is 14.1 Å². The third kappa shape index (κ3) is 4.54. The van der Waals surface area contributed by atoms with Crippen LogP contribution in [0, 0.1) is 0 Å². The van der Waals surface area contributed by atoms with Gasteiger partial charge in [0, 0.05) is 31.3 Å². The van der Waals surface area contributed by atoms with Crippen LogP contribution < -0.4 is 0 Å². The summed E-state index contributed by atoms with van der Waals surface area (Å²) in [4.78, 5) is 29.2. The van der Waals surface area contributed by atoms with Crippen LogP contribution in [0.4, 0.5) is 0 Å². The summed E-state index contributed by atoms with van der Waals surface area (Å²) in [5, 5.41) is 3.97. The molecular weight excluding hydrogens is 366 g/mol. The summed E-state index contributed by atoms with van der Waals surface area (Å²) in [5.41, 5.74) is 2.01. The molecule has 2 heterocycles. The fourth-order valence-electron chi connectivity index (χ4n) is 3.51. The predicted octanol–water partition coefficient (Wildman–Crippen LogP) is 3.61. The van der Waals surface area contributed by atoms with Gasteiger partial charge in [-0.3, -0.25) is 9.59 Å². The Kier molecular flexibility index (Phi) is 5.70. The van der Waals surface area contributed by atoms with Gasteiger partial charge in [0.15, 0.2) is 11.5 Å². The van der Waals surface area contributed by atoms with Crippen molar-refractivity contribution in [1.82, 2.24) is 15.0 Å². The summed E-state index contributed by atoms with van der Waals surface area (Å²) >= 11 is 0. The highest BCUT2D eigenvalue weighted by Crippen LogP contribution is 2.21. The molecule has 1 aliphatic rings. The van der Waals surface area contributed by atoms with Gasteiger partial charge in [0.1, 0.15) is 6.54 Å². The molecule has 0 aliphatic carbocycles. The minimum absolute atomic E-state index is 0.0290. The first-order chi connectivity index (χ1) is 14.2. The maximum atomic E-state index is 13.2. The molecular formula is C23H23N3O3. The lowest BCUT2D eigenvalue weighted by Crippen LogP contribution is -2.41. The van der Waals surface area contributed by atoms with E-state index in [1.165, 1.54) is 0 Å². The van der Waals surface area contributed by atoms with E-state index in [1.807, 2.05) is 65.6 Å². The van der Waals surface area contributed by atoms with Crippen molar-refractivity contribution in [3.05, 3.63) is 78.0 Å². The minimum atomic E-state index is -0.313. The molecule has 1 saturated heterocycles. The van der Waals surface area contributed by atoms with Crippen molar-refractivity contribution >= 4 is 11.8 Å². The fourth-order valence-corrected chi connectivity index (χ4v) is 3.51. The molecule has 1 aromatic heterocycles. The van der Waals surface area contributed by atoms with Crippen LogP contribution in [0.15, 0.2) is 71.3 Å². The number of benzene rings is 2. The van der Waals surface area contributed by atoms with Crippen LogP contribution in [0.1, 0.15) is 28.9 Å². The highest BCUT2D eigenvalue weighted by atomic mass is 16.5. The summed E-state index contributed by atoms with van der Waals surface area (Å²) in [6.07, 6.45) is 2.03. The first-order valence-electron chi connectivity index (χ1n) is 9.84.